The first-order chi connectivity index (χ1) is 9.17. The molecule has 1 aromatic rings. The maximum absolute atomic E-state index is 11.6. The molecule has 0 aliphatic carbocycles. The zero-order valence-corrected chi connectivity index (χ0v) is 12.4. The smallest absolute Gasteiger partial charge is 0.222 e. The van der Waals surface area contributed by atoms with E-state index in [1.807, 2.05) is 18.2 Å². The third-order valence-corrected chi connectivity index (χ3v) is 4.22. The van der Waals surface area contributed by atoms with Gasteiger partial charge >= 0.3 is 0 Å². The van der Waals surface area contributed by atoms with Crippen molar-refractivity contribution in [1.82, 2.24) is 5.32 Å². The molecule has 1 aliphatic rings. The number of nitriles is 1. The molecule has 1 saturated heterocycles. The number of nitrogens with one attached hydrogen (secondary N) is 1. The van der Waals surface area contributed by atoms with Crippen LogP contribution in [0.3, 0.4) is 0 Å². The number of nitrogens with zero attached hydrogens (tertiary/aromatic N) is 2. The lowest BCUT2D eigenvalue weighted by molar-refractivity contribution is -0.125. The number of halogens is 1. The fraction of sp³-hybridized carbons (Fsp3) is 0.429. The predicted molar refractivity (Wildman–Crippen MR) is 77.9 cm³/mol. The van der Waals surface area contributed by atoms with E-state index in [9.17, 15) is 10.1 Å². The molecule has 0 saturated carbocycles. The third-order valence-electron chi connectivity index (χ3n) is 3.56. The molecule has 0 bridgehead atoms. The minimum absolute atomic E-state index is 0.0962. The summed E-state index contributed by atoms with van der Waals surface area (Å²) in [5.41, 5.74) is 1.62. The zero-order valence-electron chi connectivity index (χ0n) is 10.8. The predicted octanol–water partition coefficient (Wildman–Crippen LogP) is 2.28. The number of rotatable bonds is 2. The average Bonchev–Trinajstić information content (AvgIpc) is 2.46. The Hall–Kier alpha value is -1.54. The van der Waals surface area contributed by atoms with Crippen LogP contribution in [0.1, 0.15) is 18.4 Å². The van der Waals surface area contributed by atoms with E-state index in [0.29, 0.717) is 5.56 Å². The Bertz CT molecular complexity index is 516. The van der Waals surface area contributed by atoms with Gasteiger partial charge in [0.05, 0.1) is 11.3 Å². The number of hydrogen-bond donors (Lipinski definition) is 1. The van der Waals surface area contributed by atoms with Crippen LogP contribution in [-0.2, 0) is 4.79 Å². The van der Waals surface area contributed by atoms with Crippen molar-refractivity contribution in [2.75, 3.05) is 25.0 Å². The van der Waals surface area contributed by atoms with Crippen LogP contribution in [0.4, 0.5) is 5.69 Å². The largest absolute Gasteiger partial charge is 0.370 e. The SMILES string of the molecule is CNC(=O)C1CCN(c2cccc(Br)c2C#N)CC1. The van der Waals surface area contributed by atoms with Crippen molar-refractivity contribution < 1.29 is 4.79 Å². The molecule has 100 valence electrons. The van der Waals surface area contributed by atoms with Gasteiger partial charge < -0.3 is 10.2 Å². The molecule has 19 heavy (non-hydrogen) atoms. The monoisotopic (exact) mass is 321 g/mol. The highest BCUT2D eigenvalue weighted by molar-refractivity contribution is 9.10. The summed E-state index contributed by atoms with van der Waals surface area (Å²) in [6.45, 7) is 1.62. The van der Waals surface area contributed by atoms with Gasteiger partial charge in [-0.15, -0.1) is 0 Å². The number of benzene rings is 1. The summed E-state index contributed by atoms with van der Waals surface area (Å²) in [6.07, 6.45) is 1.66. The van der Waals surface area contributed by atoms with Crippen molar-refractivity contribution in [3.63, 3.8) is 0 Å². The highest BCUT2D eigenvalue weighted by atomic mass is 79.9. The van der Waals surface area contributed by atoms with Crippen molar-refractivity contribution in [2.24, 2.45) is 5.92 Å². The quantitative estimate of drug-likeness (QED) is 0.909. The normalized spacial score (nSPS) is 15.9. The van der Waals surface area contributed by atoms with Gasteiger partial charge in [-0.2, -0.15) is 5.26 Å². The van der Waals surface area contributed by atoms with Gasteiger partial charge in [-0.25, -0.2) is 0 Å². The molecule has 5 heteroatoms. The molecule has 4 nitrogen and oxygen atoms in total. The first-order valence-corrected chi connectivity index (χ1v) is 7.11. The summed E-state index contributed by atoms with van der Waals surface area (Å²) >= 11 is 3.41. The van der Waals surface area contributed by atoms with Crippen LogP contribution < -0.4 is 10.2 Å². The van der Waals surface area contributed by atoms with Crippen molar-refractivity contribution in [3.05, 3.63) is 28.2 Å². The average molecular weight is 322 g/mol. The number of piperidine rings is 1. The number of carbonyl (C=O) groups is 1. The van der Waals surface area contributed by atoms with Gasteiger partial charge in [0.25, 0.3) is 0 Å². The van der Waals surface area contributed by atoms with E-state index in [1.165, 1.54) is 0 Å². The molecular weight excluding hydrogens is 306 g/mol. The van der Waals surface area contributed by atoms with E-state index in [2.05, 4.69) is 32.2 Å². The van der Waals surface area contributed by atoms with Crippen molar-refractivity contribution in [3.8, 4) is 6.07 Å². The second-order valence-electron chi connectivity index (χ2n) is 4.62. The second-order valence-corrected chi connectivity index (χ2v) is 5.48. The standard InChI is InChI=1S/C14H16BrN3O/c1-17-14(19)10-5-7-18(8-6-10)13-4-2-3-12(15)11(13)9-16/h2-4,10H,5-8H2,1H3,(H,17,19). The fourth-order valence-electron chi connectivity index (χ4n) is 2.47. The van der Waals surface area contributed by atoms with Gasteiger partial charge in [-0.3, -0.25) is 4.79 Å². The molecule has 0 unspecified atom stereocenters. The summed E-state index contributed by atoms with van der Waals surface area (Å²) in [4.78, 5) is 13.8. The number of anilines is 1. The molecule has 2 rings (SSSR count). The molecule has 0 aromatic heterocycles. The number of hydrogen-bond acceptors (Lipinski definition) is 3. The zero-order chi connectivity index (χ0) is 13.8. The topological polar surface area (TPSA) is 56.1 Å². The van der Waals surface area contributed by atoms with Crippen LogP contribution in [0, 0.1) is 17.2 Å². The Labute approximate surface area is 121 Å². The van der Waals surface area contributed by atoms with Crippen LogP contribution in [0.25, 0.3) is 0 Å². The Morgan fingerprint density at radius 1 is 1.47 bits per heavy atom. The minimum Gasteiger partial charge on any atom is -0.370 e. The van der Waals surface area contributed by atoms with Crippen LogP contribution in [0.15, 0.2) is 22.7 Å². The lowest BCUT2D eigenvalue weighted by Crippen LogP contribution is -2.39. The number of carbonyl (C=O) groups excluding carboxylic acids is 1. The molecule has 1 fully saturated rings. The molecule has 0 spiro atoms. The van der Waals surface area contributed by atoms with Gasteiger partial charge in [0.15, 0.2) is 0 Å². The van der Waals surface area contributed by atoms with E-state index in [-0.39, 0.29) is 11.8 Å². The molecular formula is C14H16BrN3O. The Balaban J connectivity index is 2.12. The first kappa shape index (κ1) is 13.9. The fourth-order valence-corrected chi connectivity index (χ4v) is 2.92. The summed E-state index contributed by atoms with van der Waals surface area (Å²) in [5.74, 6) is 0.216. The van der Waals surface area contributed by atoms with E-state index in [0.717, 1.165) is 36.1 Å². The van der Waals surface area contributed by atoms with Gasteiger partial charge in [-0.1, -0.05) is 6.07 Å². The van der Waals surface area contributed by atoms with Gasteiger partial charge in [-0.05, 0) is 40.9 Å². The van der Waals surface area contributed by atoms with E-state index in [4.69, 9.17) is 0 Å². The lowest BCUT2D eigenvalue weighted by Gasteiger charge is -2.33. The maximum atomic E-state index is 11.6. The van der Waals surface area contributed by atoms with Crippen molar-refractivity contribution >= 4 is 27.5 Å². The van der Waals surface area contributed by atoms with Crippen molar-refractivity contribution in [1.29, 1.82) is 5.26 Å². The van der Waals surface area contributed by atoms with E-state index in [1.54, 1.807) is 7.05 Å². The van der Waals surface area contributed by atoms with Crippen LogP contribution in [-0.4, -0.2) is 26.0 Å². The summed E-state index contributed by atoms with van der Waals surface area (Å²) in [6, 6.07) is 8.01. The summed E-state index contributed by atoms with van der Waals surface area (Å²) in [5, 5.41) is 11.9. The van der Waals surface area contributed by atoms with Crippen molar-refractivity contribution in [2.45, 2.75) is 12.8 Å². The lowest BCUT2D eigenvalue weighted by atomic mass is 9.95. The summed E-state index contributed by atoms with van der Waals surface area (Å²) in [7, 11) is 1.68. The molecule has 0 radical (unpaired) electrons. The van der Waals surface area contributed by atoms with Crippen LogP contribution >= 0.6 is 15.9 Å². The van der Waals surface area contributed by atoms with Crippen LogP contribution in [0.2, 0.25) is 0 Å². The van der Waals surface area contributed by atoms with Gasteiger partial charge in [0.2, 0.25) is 5.91 Å². The molecule has 0 atom stereocenters. The molecule has 1 heterocycles. The molecule has 1 aromatic carbocycles. The number of amides is 1. The Morgan fingerprint density at radius 2 is 2.16 bits per heavy atom. The third kappa shape index (κ3) is 2.90. The van der Waals surface area contributed by atoms with Gasteiger partial charge in [0.1, 0.15) is 6.07 Å². The van der Waals surface area contributed by atoms with Gasteiger partial charge in [0, 0.05) is 30.5 Å². The highest BCUT2D eigenvalue weighted by Crippen LogP contribution is 2.30. The molecule has 1 N–H and O–H groups in total. The van der Waals surface area contributed by atoms with Crippen LogP contribution in [0.5, 0.6) is 0 Å². The molecule has 1 amide bonds. The van der Waals surface area contributed by atoms with E-state index >= 15 is 0 Å². The Morgan fingerprint density at radius 3 is 2.74 bits per heavy atom. The summed E-state index contributed by atoms with van der Waals surface area (Å²) < 4.78 is 0.820. The van der Waals surface area contributed by atoms with E-state index < -0.39 is 0 Å². The minimum atomic E-state index is 0.0962. The highest BCUT2D eigenvalue weighted by Gasteiger charge is 2.25. The molecule has 1 aliphatic heterocycles. The second kappa shape index (κ2) is 6.07. The first-order valence-electron chi connectivity index (χ1n) is 6.32. The Kier molecular flexibility index (Phi) is 4.43. The maximum Gasteiger partial charge on any atom is 0.222 e.